The molecule has 0 aliphatic carbocycles. The van der Waals surface area contributed by atoms with E-state index in [9.17, 15) is 4.79 Å². The second-order valence-corrected chi connectivity index (χ2v) is 5.39. The van der Waals surface area contributed by atoms with Gasteiger partial charge < -0.3 is 9.73 Å². The zero-order chi connectivity index (χ0) is 14.4. The third-order valence-electron chi connectivity index (χ3n) is 2.38. The van der Waals surface area contributed by atoms with Crippen LogP contribution in [-0.2, 0) is 4.79 Å². The van der Waals surface area contributed by atoms with Gasteiger partial charge in [0, 0.05) is 17.1 Å². The third-order valence-corrected chi connectivity index (χ3v) is 3.43. The molecule has 1 N–H and O–H groups in total. The minimum atomic E-state index is -0.0423. The van der Waals surface area contributed by atoms with E-state index in [1.54, 1.807) is 12.1 Å². The fourth-order valence-electron chi connectivity index (χ4n) is 1.45. The van der Waals surface area contributed by atoms with Crippen molar-refractivity contribution in [3.05, 3.63) is 29.3 Å². The van der Waals surface area contributed by atoms with Crippen LogP contribution in [0.3, 0.4) is 0 Å². The summed E-state index contributed by atoms with van der Waals surface area (Å²) in [5, 5.41) is 11.6. The monoisotopic (exact) mass is 311 g/mol. The molecule has 0 atom stereocenters. The summed E-state index contributed by atoms with van der Waals surface area (Å²) >= 11 is 7.12. The van der Waals surface area contributed by atoms with Crippen LogP contribution in [0.4, 0.5) is 0 Å². The Labute approximate surface area is 126 Å². The fourth-order valence-corrected chi connectivity index (χ4v) is 2.23. The van der Waals surface area contributed by atoms with Gasteiger partial charge in [0.05, 0.1) is 5.75 Å². The van der Waals surface area contributed by atoms with Crippen LogP contribution in [0, 0.1) is 0 Å². The SMILES string of the molecule is CCCNC(=O)CSc1nnc(-c2cccc(Cl)c2)o1. The molecule has 0 saturated carbocycles. The Morgan fingerprint density at radius 1 is 1.45 bits per heavy atom. The maximum absolute atomic E-state index is 11.5. The van der Waals surface area contributed by atoms with Crippen LogP contribution in [-0.4, -0.2) is 28.4 Å². The summed E-state index contributed by atoms with van der Waals surface area (Å²) < 4.78 is 5.48. The number of hydrogen-bond acceptors (Lipinski definition) is 5. The molecule has 2 rings (SSSR count). The van der Waals surface area contributed by atoms with Crippen LogP contribution < -0.4 is 5.32 Å². The van der Waals surface area contributed by atoms with E-state index in [0.717, 1.165) is 12.0 Å². The molecule has 7 heteroatoms. The Balaban J connectivity index is 1.94. The number of rotatable bonds is 6. The predicted octanol–water partition coefficient (Wildman–Crippen LogP) is 3.01. The lowest BCUT2D eigenvalue weighted by Gasteiger charge is -2.00. The molecule has 0 aliphatic heterocycles. The maximum Gasteiger partial charge on any atom is 0.277 e. The largest absolute Gasteiger partial charge is 0.411 e. The minimum absolute atomic E-state index is 0.0423. The first-order valence-electron chi connectivity index (χ1n) is 6.18. The van der Waals surface area contributed by atoms with E-state index in [2.05, 4.69) is 15.5 Å². The van der Waals surface area contributed by atoms with Crippen molar-refractivity contribution in [3.63, 3.8) is 0 Å². The number of amides is 1. The third kappa shape index (κ3) is 4.25. The van der Waals surface area contributed by atoms with Crippen LogP contribution >= 0.6 is 23.4 Å². The van der Waals surface area contributed by atoms with Gasteiger partial charge in [-0.15, -0.1) is 10.2 Å². The highest BCUT2D eigenvalue weighted by atomic mass is 35.5. The number of carbonyl (C=O) groups is 1. The summed E-state index contributed by atoms with van der Waals surface area (Å²) in [4.78, 5) is 11.5. The van der Waals surface area contributed by atoms with Gasteiger partial charge in [-0.1, -0.05) is 36.4 Å². The van der Waals surface area contributed by atoms with Crippen LogP contribution in [0.1, 0.15) is 13.3 Å². The van der Waals surface area contributed by atoms with Crippen LogP contribution in [0.2, 0.25) is 5.02 Å². The standard InChI is InChI=1S/C13H14ClN3O2S/c1-2-6-15-11(18)8-20-13-17-16-12(19-13)9-4-3-5-10(14)7-9/h3-5,7H,2,6,8H2,1H3,(H,15,18). The number of hydrogen-bond donors (Lipinski definition) is 1. The van der Waals surface area contributed by atoms with Crippen molar-refractivity contribution < 1.29 is 9.21 Å². The number of halogens is 1. The van der Waals surface area contributed by atoms with Crippen LogP contribution in [0.15, 0.2) is 33.9 Å². The molecule has 0 saturated heterocycles. The number of thioether (sulfide) groups is 1. The van der Waals surface area contributed by atoms with Gasteiger partial charge in [0.25, 0.3) is 5.22 Å². The topological polar surface area (TPSA) is 68.0 Å². The number of nitrogens with one attached hydrogen (secondary N) is 1. The smallest absolute Gasteiger partial charge is 0.277 e. The Morgan fingerprint density at radius 3 is 3.05 bits per heavy atom. The highest BCUT2D eigenvalue weighted by Gasteiger charge is 2.11. The summed E-state index contributed by atoms with van der Waals surface area (Å²) in [6.07, 6.45) is 0.913. The van der Waals surface area contributed by atoms with Gasteiger partial charge in [-0.05, 0) is 24.6 Å². The molecule has 106 valence electrons. The van der Waals surface area contributed by atoms with Crippen molar-refractivity contribution in [2.24, 2.45) is 0 Å². The van der Waals surface area contributed by atoms with Gasteiger partial charge in [-0.25, -0.2) is 0 Å². The Morgan fingerprint density at radius 2 is 2.30 bits per heavy atom. The molecule has 2 aromatic rings. The molecule has 0 radical (unpaired) electrons. The molecule has 1 heterocycles. The fraction of sp³-hybridized carbons (Fsp3) is 0.308. The molecule has 0 bridgehead atoms. The molecule has 1 aromatic heterocycles. The van der Waals surface area contributed by atoms with E-state index < -0.39 is 0 Å². The van der Waals surface area contributed by atoms with Crippen LogP contribution in [0.5, 0.6) is 0 Å². The average molecular weight is 312 g/mol. The van der Waals surface area contributed by atoms with E-state index in [-0.39, 0.29) is 11.7 Å². The van der Waals surface area contributed by atoms with Gasteiger partial charge in [-0.3, -0.25) is 4.79 Å². The zero-order valence-electron chi connectivity index (χ0n) is 10.9. The van der Waals surface area contributed by atoms with Crippen molar-refractivity contribution >= 4 is 29.3 Å². The van der Waals surface area contributed by atoms with Crippen molar-refractivity contribution in [3.8, 4) is 11.5 Å². The highest BCUT2D eigenvalue weighted by Crippen LogP contribution is 2.24. The molecular formula is C13H14ClN3O2S. The summed E-state index contributed by atoms with van der Waals surface area (Å²) in [5.74, 6) is 0.611. The van der Waals surface area contributed by atoms with E-state index in [0.29, 0.717) is 22.7 Å². The van der Waals surface area contributed by atoms with E-state index in [1.165, 1.54) is 11.8 Å². The minimum Gasteiger partial charge on any atom is -0.411 e. The van der Waals surface area contributed by atoms with Gasteiger partial charge in [0.1, 0.15) is 0 Å². The molecule has 20 heavy (non-hydrogen) atoms. The molecule has 0 spiro atoms. The first-order valence-corrected chi connectivity index (χ1v) is 7.54. The first-order chi connectivity index (χ1) is 9.69. The average Bonchev–Trinajstić information content (AvgIpc) is 2.92. The van der Waals surface area contributed by atoms with Gasteiger partial charge >= 0.3 is 0 Å². The van der Waals surface area contributed by atoms with Crippen molar-refractivity contribution in [2.45, 2.75) is 18.6 Å². The summed E-state index contributed by atoms with van der Waals surface area (Å²) in [7, 11) is 0. The number of nitrogens with zero attached hydrogens (tertiary/aromatic N) is 2. The van der Waals surface area contributed by atoms with Crippen molar-refractivity contribution in [2.75, 3.05) is 12.3 Å². The predicted molar refractivity (Wildman–Crippen MR) is 78.8 cm³/mol. The first kappa shape index (κ1) is 14.9. The van der Waals surface area contributed by atoms with E-state index in [1.807, 2.05) is 19.1 Å². The maximum atomic E-state index is 11.5. The van der Waals surface area contributed by atoms with Gasteiger partial charge in [-0.2, -0.15) is 0 Å². The summed E-state index contributed by atoms with van der Waals surface area (Å²) in [6.45, 7) is 2.68. The summed E-state index contributed by atoms with van der Waals surface area (Å²) in [6, 6.07) is 7.17. The van der Waals surface area contributed by atoms with Crippen molar-refractivity contribution in [1.82, 2.24) is 15.5 Å². The highest BCUT2D eigenvalue weighted by molar-refractivity contribution is 7.99. The van der Waals surface area contributed by atoms with Gasteiger partial charge in [0.15, 0.2) is 0 Å². The Hall–Kier alpha value is -1.53. The molecular weight excluding hydrogens is 298 g/mol. The Bertz CT molecular complexity index is 589. The lowest BCUT2D eigenvalue weighted by atomic mass is 10.2. The van der Waals surface area contributed by atoms with E-state index in [4.69, 9.17) is 16.0 Å². The Kier molecular flexibility index (Phi) is 5.43. The molecule has 0 aliphatic rings. The molecule has 1 amide bonds. The normalized spacial score (nSPS) is 10.5. The lowest BCUT2D eigenvalue weighted by molar-refractivity contribution is -0.118. The molecule has 1 aromatic carbocycles. The number of benzene rings is 1. The second kappa shape index (κ2) is 7.31. The van der Waals surface area contributed by atoms with Crippen molar-refractivity contribution in [1.29, 1.82) is 0 Å². The van der Waals surface area contributed by atoms with E-state index >= 15 is 0 Å². The number of carbonyl (C=O) groups excluding carboxylic acids is 1. The zero-order valence-corrected chi connectivity index (χ0v) is 12.5. The molecule has 5 nitrogen and oxygen atoms in total. The summed E-state index contributed by atoms with van der Waals surface area (Å²) in [5.41, 5.74) is 0.757. The molecule has 0 unspecified atom stereocenters. The molecule has 0 fully saturated rings. The number of aromatic nitrogens is 2. The van der Waals surface area contributed by atoms with Gasteiger partial charge in [0.2, 0.25) is 11.8 Å². The van der Waals surface area contributed by atoms with Crippen LogP contribution in [0.25, 0.3) is 11.5 Å². The lowest BCUT2D eigenvalue weighted by Crippen LogP contribution is -2.25. The second-order valence-electron chi connectivity index (χ2n) is 4.02. The quantitative estimate of drug-likeness (QED) is 0.831.